The number of aryl methyl sites for hydroxylation is 2. The lowest BCUT2D eigenvalue weighted by Crippen LogP contribution is -2.48. The molecule has 38 heavy (non-hydrogen) atoms. The summed E-state index contributed by atoms with van der Waals surface area (Å²) in [6.45, 7) is 9.93. The van der Waals surface area contributed by atoms with Crippen LogP contribution in [0.3, 0.4) is 0 Å². The third kappa shape index (κ3) is 5.18. The summed E-state index contributed by atoms with van der Waals surface area (Å²) in [6, 6.07) is 4.42. The van der Waals surface area contributed by atoms with Gasteiger partial charge in [-0.05, 0) is 45.0 Å². The maximum Gasteiger partial charge on any atom is 0.323 e. The third-order valence-electron chi connectivity index (χ3n) is 6.67. The molecule has 3 heterocycles. The van der Waals surface area contributed by atoms with E-state index in [9.17, 15) is 23.1 Å². The highest BCUT2D eigenvalue weighted by Crippen LogP contribution is 2.32. The Balaban J connectivity index is 1.94. The number of fused-ring (bicyclic) bond motifs is 1. The van der Waals surface area contributed by atoms with Crippen molar-refractivity contribution in [3.63, 3.8) is 0 Å². The van der Waals surface area contributed by atoms with Gasteiger partial charge in [-0.3, -0.25) is 14.2 Å². The molecule has 206 valence electrons. The maximum absolute atomic E-state index is 13.6. The van der Waals surface area contributed by atoms with Crippen LogP contribution >= 0.6 is 0 Å². The van der Waals surface area contributed by atoms with Gasteiger partial charge < -0.3 is 14.7 Å². The van der Waals surface area contributed by atoms with E-state index in [1.54, 1.807) is 13.8 Å². The van der Waals surface area contributed by atoms with Crippen LogP contribution in [0, 0.1) is 6.92 Å². The Morgan fingerprint density at radius 3 is 2.45 bits per heavy atom. The van der Waals surface area contributed by atoms with Crippen molar-refractivity contribution in [2.45, 2.75) is 52.0 Å². The summed E-state index contributed by atoms with van der Waals surface area (Å²) in [5, 5.41) is 14.3. The minimum Gasteiger partial charge on any atom is -0.493 e. The average Bonchev–Trinajstić information content (AvgIpc) is 3.21. The standard InChI is InChI=1S/C25H34N6O6S/c1-5-8-21-26-17(4)23-25(34)30(16-22(32)33)24(27-31(21)23)19-15-18(9-10-20(19)37-7-3)38(35,36)29-13-11-28(6-2)12-14-29/h9-10,15H,5-8,11-14,16H2,1-4H3,(H,32,33). The molecule has 4 rings (SSSR count). The van der Waals surface area contributed by atoms with Crippen LogP contribution in [-0.4, -0.2) is 87.2 Å². The number of benzene rings is 1. The first kappa shape index (κ1) is 27.7. The molecule has 0 aliphatic carbocycles. The number of aromatic nitrogens is 4. The van der Waals surface area contributed by atoms with Crippen LogP contribution in [0.1, 0.15) is 38.7 Å². The molecule has 0 saturated carbocycles. The summed E-state index contributed by atoms with van der Waals surface area (Å²) < 4.78 is 36.9. The van der Waals surface area contributed by atoms with E-state index < -0.39 is 28.1 Å². The second-order valence-electron chi connectivity index (χ2n) is 9.16. The molecule has 1 saturated heterocycles. The van der Waals surface area contributed by atoms with E-state index in [-0.39, 0.29) is 28.4 Å². The highest BCUT2D eigenvalue weighted by molar-refractivity contribution is 7.89. The van der Waals surface area contributed by atoms with E-state index in [0.717, 1.165) is 17.5 Å². The molecule has 0 unspecified atom stereocenters. The highest BCUT2D eigenvalue weighted by atomic mass is 32.2. The van der Waals surface area contributed by atoms with Crippen molar-refractivity contribution in [3.8, 4) is 17.1 Å². The van der Waals surface area contributed by atoms with E-state index in [0.29, 0.717) is 49.9 Å². The van der Waals surface area contributed by atoms with E-state index >= 15 is 0 Å². The zero-order chi connectivity index (χ0) is 27.6. The first-order valence-electron chi connectivity index (χ1n) is 12.8. The molecule has 3 aromatic rings. The van der Waals surface area contributed by atoms with Crippen LogP contribution in [0.25, 0.3) is 16.9 Å². The molecule has 0 bridgehead atoms. The molecule has 1 N–H and O–H groups in total. The SMILES string of the molecule is CCCc1nc(C)c2c(=O)n(CC(=O)O)c(-c3cc(S(=O)(=O)N4CCN(CC)CC4)ccc3OCC)nn12. The van der Waals surface area contributed by atoms with Gasteiger partial charge in [-0.2, -0.15) is 4.31 Å². The monoisotopic (exact) mass is 546 g/mol. The van der Waals surface area contributed by atoms with Crippen LogP contribution in [-0.2, 0) is 27.8 Å². The summed E-state index contributed by atoms with van der Waals surface area (Å²) >= 11 is 0. The van der Waals surface area contributed by atoms with Gasteiger partial charge in [-0.15, -0.1) is 5.10 Å². The Hall–Kier alpha value is -3.29. The number of likely N-dealkylation sites (N-methyl/N-ethyl adjacent to an activating group) is 1. The second kappa shape index (κ2) is 11.2. The number of aliphatic carboxylic acids is 1. The van der Waals surface area contributed by atoms with E-state index in [1.807, 2.05) is 13.8 Å². The Morgan fingerprint density at radius 1 is 1.13 bits per heavy atom. The fraction of sp³-hybridized carbons (Fsp3) is 0.520. The van der Waals surface area contributed by atoms with E-state index in [2.05, 4.69) is 15.0 Å². The number of rotatable bonds is 10. The quantitative estimate of drug-likeness (QED) is 0.402. The number of imidazole rings is 1. The summed E-state index contributed by atoms with van der Waals surface area (Å²) in [4.78, 5) is 32.1. The highest BCUT2D eigenvalue weighted by Gasteiger charge is 2.30. The Labute approximate surface area is 221 Å². The average molecular weight is 547 g/mol. The molecule has 1 aliphatic rings. The van der Waals surface area contributed by atoms with Gasteiger partial charge >= 0.3 is 5.97 Å². The number of ether oxygens (including phenoxy) is 1. The lowest BCUT2D eigenvalue weighted by Gasteiger charge is -2.33. The van der Waals surface area contributed by atoms with Crippen molar-refractivity contribution in [1.82, 2.24) is 28.4 Å². The molecule has 0 spiro atoms. The van der Waals surface area contributed by atoms with Gasteiger partial charge in [-0.25, -0.2) is 17.9 Å². The lowest BCUT2D eigenvalue weighted by atomic mass is 10.1. The molecular weight excluding hydrogens is 512 g/mol. The van der Waals surface area contributed by atoms with Crippen molar-refractivity contribution in [2.75, 3.05) is 39.3 Å². The molecule has 1 fully saturated rings. The van der Waals surface area contributed by atoms with Crippen LogP contribution in [0.2, 0.25) is 0 Å². The Kier molecular flexibility index (Phi) is 8.19. The minimum absolute atomic E-state index is 0.00375. The van der Waals surface area contributed by atoms with Crippen molar-refractivity contribution >= 4 is 21.5 Å². The number of carbonyl (C=O) groups is 1. The first-order valence-corrected chi connectivity index (χ1v) is 14.3. The molecule has 1 aromatic carbocycles. The maximum atomic E-state index is 13.6. The molecule has 13 heteroatoms. The molecule has 0 atom stereocenters. The van der Waals surface area contributed by atoms with Gasteiger partial charge in [0.25, 0.3) is 5.56 Å². The summed E-state index contributed by atoms with van der Waals surface area (Å²) in [5.41, 5.74) is 0.281. The number of carboxylic acid groups (broad SMARTS) is 1. The summed E-state index contributed by atoms with van der Waals surface area (Å²) in [7, 11) is -3.86. The number of hydrogen-bond donors (Lipinski definition) is 1. The summed E-state index contributed by atoms with van der Waals surface area (Å²) in [5.74, 6) is -0.380. The van der Waals surface area contributed by atoms with Crippen LogP contribution in [0.4, 0.5) is 0 Å². The van der Waals surface area contributed by atoms with Gasteiger partial charge in [0.1, 0.15) is 18.1 Å². The molecule has 12 nitrogen and oxygen atoms in total. The zero-order valence-electron chi connectivity index (χ0n) is 22.2. The minimum atomic E-state index is -3.86. The number of nitrogens with zero attached hydrogens (tertiary/aromatic N) is 6. The fourth-order valence-corrected chi connectivity index (χ4v) is 6.18. The van der Waals surface area contributed by atoms with Crippen molar-refractivity contribution in [3.05, 3.63) is 40.1 Å². The topological polar surface area (TPSA) is 139 Å². The van der Waals surface area contributed by atoms with Crippen LogP contribution in [0.15, 0.2) is 27.9 Å². The van der Waals surface area contributed by atoms with Crippen LogP contribution in [0.5, 0.6) is 5.75 Å². The number of carboxylic acids is 1. The largest absolute Gasteiger partial charge is 0.493 e. The Bertz CT molecular complexity index is 1500. The fourth-order valence-electron chi connectivity index (χ4n) is 4.73. The Morgan fingerprint density at radius 2 is 1.84 bits per heavy atom. The van der Waals surface area contributed by atoms with Gasteiger partial charge in [0.15, 0.2) is 11.3 Å². The molecular formula is C25H34N6O6S. The van der Waals surface area contributed by atoms with Crippen molar-refractivity contribution < 1.29 is 23.1 Å². The molecule has 0 radical (unpaired) electrons. The number of hydrogen-bond acceptors (Lipinski definition) is 8. The third-order valence-corrected chi connectivity index (χ3v) is 8.56. The first-order chi connectivity index (χ1) is 18.1. The van der Waals surface area contributed by atoms with Gasteiger partial charge in [0.2, 0.25) is 10.0 Å². The van der Waals surface area contributed by atoms with E-state index in [1.165, 1.54) is 27.0 Å². The number of piperazine rings is 1. The van der Waals surface area contributed by atoms with E-state index in [4.69, 9.17) is 4.74 Å². The summed E-state index contributed by atoms with van der Waals surface area (Å²) in [6.07, 6.45) is 1.32. The second-order valence-corrected chi connectivity index (χ2v) is 11.1. The van der Waals surface area contributed by atoms with Gasteiger partial charge in [0, 0.05) is 32.6 Å². The van der Waals surface area contributed by atoms with Gasteiger partial charge in [-0.1, -0.05) is 13.8 Å². The number of sulfonamides is 1. The van der Waals surface area contributed by atoms with Gasteiger partial charge in [0.05, 0.1) is 22.8 Å². The molecule has 1 aliphatic heterocycles. The lowest BCUT2D eigenvalue weighted by molar-refractivity contribution is -0.137. The zero-order valence-corrected chi connectivity index (χ0v) is 23.0. The van der Waals surface area contributed by atoms with Crippen LogP contribution < -0.4 is 10.3 Å². The normalized spacial score (nSPS) is 15.3. The smallest absolute Gasteiger partial charge is 0.323 e. The predicted molar refractivity (Wildman–Crippen MR) is 141 cm³/mol. The molecule has 0 amide bonds. The molecule has 2 aromatic heterocycles. The predicted octanol–water partition coefficient (Wildman–Crippen LogP) is 1.63. The van der Waals surface area contributed by atoms with Crippen molar-refractivity contribution in [1.29, 1.82) is 0 Å². The van der Waals surface area contributed by atoms with Crippen molar-refractivity contribution in [2.24, 2.45) is 0 Å².